The maximum atomic E-state index is 12.4. The van der Waals surface area contributed by atoms with Crippen molar-refractivity contribution in [2.75, 3.05) is 19.6 Å². The fraction of sp³-hybridized carbons (Fsp3) is 0.318. The largest absolute Gasteiger partial charge is 0.350 e. The number of hydrogen-bond donors (Lipinski definition) is 1. The monoisotopic (exact) mass is 409 g/mol. The molecule has 1 aromatic heterocycles. The summed E-state index contributed by atoms with van der Waals surface area (Å²) < 4.78 is 1.66. The zero-order valence-corrected chi connectivity index (χ0v) is 16.9. The number of nitrogens with zero attached hydrogens (tertiary/aromatic N) is 4. The molecule has 29 heavy (non-hydrogen) atoms. The third-order valence-electron chi connectivity index (χ3n) is 5.20. The number of nitrogens with one attached hydrogen (secondary N) is 1. The Morgan fingerprint density at radius 3 is 2.62 bits per heavy atom. The minimum Gasteiger partial charge on any atom is -0.350 e. The van der Waals surface area contributed by atoms with Gasteiger partial charge < -0.3 is 5.32 Å². The van der Waals surface area contributed by atoms with Crippen molar-refractivity contribution in [2.24, 2.45) is 5.92 Å². The van der Waals surface area contributed by atoms with Crippen LogP contribution in [0.5, 0.6) is 0 Å². The number of amides is 1. The molecule has 1 unspecified atom stereocenters. The second kappa shape index (κ2) is 9.20. The first kappa shape index (κ1) is 19.6. The van der Waals surface area contributed by atoms with Crippen LogP contribution < -0.4 is 5.32 Å². The lowest BCUT2D eigenvalue weighted by atomic mass is 10.1. The normalized spacial score (nSPS) is 16.8. The summed E-state index contributed by atoms with van der Waals surface area (Å²) in [6, 6.07) is 18.0. The quantitative estimate of drug-likeness (QED) is 0.650. The zero-order chi connectivity index (χ0) is 20.1. The number of likely N-dealkylation sites (tertiary alicyclic amines) is 1. The molecule has 1 amide bonds. The Morgan fingerprint density at radius 2 is 1.83 bits per heavy atom. The highest BCUT2D eigenvalue weighted by atomic mass is 35.5. The molecule has 4 rings (SSSR count). The Labute approximate surface area is 175 Å². The molecule has 1 atom stereocenters. The Balaban J connectivity index is 1.24. The van der Waals surface area contributed by atoms with Gasteiger partial charge in [0, 0.05) is 24.7 Å². The molecule has 0 spiro atoms. The van der Waals surface area contributed by atoms with Gasteiger partial charge in [-0.2, -0.15) is 0 Å². The topological polar surface area (TPSA) is 63.1 Å². The highest BCUT2D eigenvalue weighted by Crippen LogP contribution is 2.18. The van der Waals surface area contributed by atoms with E-state index in [4.69, 9.17) is 11.6 Å². The SMILES string of the molecule is O=C(NCC1CCN(Cc2ccccc2)C1)c1cn(Cc2ccc(Cl)cc2)nn1. The minimum atomic E-state index is -0.172. The van der Waals surface area contributed by atoms with E-state index >= 15 is 0 Å². The molecule has 2 heterocycles. The third-order valence-corrected chi connectivity index (χ3v) is 5.45. The van der Waals surface area contributed by atoms with Crippen molar-refractivity contribution in [1.29, 1.82) is 0 Å². The highest BCUT2D eigenvalue weighted by Gasteiger charge is 2.23. The van der Waals surface area contributed by atoms with Gasteiger partial charge >= 0.3 is 0 Å². The van der Waals surface area contributed by atoms with E-state index in [1.165, 1.54) is 5.56 Å². The van der Waals surface area contributed by atoms with Gasteiger partial charge in [0.25, 0.3) is 5.91 Å². The first-order valence-electron chi connectivity index (χ1n) is 9.85. The van der Waals surface area contributed by atoms with Gasteiger partial charge in [-0.15, -0.1) is 5.10 Å². The number of rotatable bonds is 7. The van der Waals surface area contributed by atoms with Gasteiger partial charge in [-0.25, -0.2) is 4.68 Å². The van der Waals surface area contributed by atoms with E-state index in [0.29, 0.717) is 29.7 Å². The van der Waals surface area contributed by atoms with Crippen molar-refractivity contribution in [2.45, 2.75) is 19.5 Å². The van der Waals surface area contributed by atoms with Crippen LogP contribution in [0.25, 0.3) is 0 Å². The van der Waals surface area contributed by atoms with Crippen molar-refractivity contribution in [3.63, 3.8) is 0 Å². The molecule has 0 aliphatic carbocycles. The Kier molecular flexibility index (Phi) is 6.22. The van der Waals surface area contributed by atoms with E-state index < -0.39 is 0 Å². The number of benzene rings is 2. The maximum Gasteiger partial charge on any atom is 0.273 e. The summed E-state index contributed by atoms with van der Waals surface area (Å²) in [6.45, 7) is 4.23. The van der Waals surface area contributed by atoms with Crippen molar-refractivity contribution >= 4 is 17.5 Å². The number of hydrogen-bond acceptors (Lipinski definition) is 4. The van der Waals surface area contributed by atoms with Gasteiger partial charge in [0.15, 0.2) is 5.69 Å². The average Bonchev–Trinajstić information content (AvgIpc) is 3.38. The second-order valence-corrected chi connectivity index (χ2v) is 7.95. The fourth-order valence-corrected chi connectivity index (χ4v) is 3.77. The van der Waals surface area contributed by atoms with Gasteiger partial charge in [-0.1, -0.05) is 59.3 Å². The lowest BCUT2D eigenvalue weighted by molar-refractivity contribution is 0.0942. The molecule has 2 aromatic carbocycles. The lowest BCUT2D eigenvalue weighted by Gasteiger charge is -2.16. The van der Waals surface area contributed by atoms with Crippen LogP contribution in [0.3, 0.4) is 0 Å². The zero-order valence-electron chi connectivity index (χ0n) is 16.2. The van der Waals surface area contributed by atoms with E-state index in [1.807, 2.05) is 30.3 Å². The summed E-state index contributed by atoms with van der Waals surface area (Å²) >= 11 is 5.91. The standard InChI is InChI=1S/C22H24ClN5O/c23-20-8-6-18(7-9-20)15-28-16-21(25-26-28)22(29)24-12-19-10-11-27(14-19)13-17-4-2-1-3-5-17/h1-9,16,19H,10-15H2,(H,24,29). The molecule has 0 saturated carbocycles. The minimum absolute atomic E-state index is 0.172. The summed E-state index contributed by atoms with van der Waals surface area (Å²) in [4.78, 5) is 14.9. The van der Waals surface area contributed by atoms with Crippen molar-refractivity contribution in [3.8, 4) is 0 Å². The summed E-state index contributed by atoms with van der Waals surface area (Å²) in [5.41, 5.74) is 2.73. The van der Waals surface area contributed by atoms with E-state index in [-0.39, 0.29) is 5.91 Å². The Bertz CT molecular complexity index is 941. The summed E-state index contributed by atoms with van der Waals surface area (Å²) in [5.74, 6) is 0.292. The Morgan fingerprint density at radius 1 is 1.07 bits per heavy atom. The van der Waals surface area contributed by atoms with E-state index in [2.05, 4.69) is 44.8 Å². The Hall–Kier alpha value is -2.70. The van der Waals surface area contributed by atoms with Gasteiger partial charge in [0.2, 0.25) is 0 Å². The third kappa shape index (κ3) is 5.43. The molecular formula is C22H24ClN5O. The van der Waals surface area contributed by atoms with Crippen LogP contribution in [-0.4, -0.2) is 45.4 Å². The smallest absolute Gasteiger partial charge is 0.273 e. The van der Waals surface area contributed by atoms with Crippen molar-refractivity contribution in [3.05, 3.63) is 82.6 Å². The highest BCUT2D eigenvalue weighted by molar-refractivity contribution is 6.30. The summed E-state index contributed by atoms with van der Waals surface area (Å²) in [5, 5.41) is 11.8. The fourth-order valence-electron chi connectivity index (χ4n) is 3.65. The van der Waals surface area contributed by atoms with Gasteiger partial charge in [0.1, 0.15) is 0 Å². The van der Waals surface area contributed by atoms with Gasteiger partial charge in [0.05, 0.1) is 12.7 Å². The number of aromatic nitrogens is 3. The van der Waals surface area contributed by atoms with Crippen LogP contribution in [0.4, 0.5) is 0 Å². The van der Waals surface area contributed by atoms with E-state index in [9.17, 15) is 4.79 Å². The molecule has 1 fully saturated rings. The van der Waals surface area contributed by atoms with E-state index in [0.717, 1.165) is 31.6 Å². The van der Waals surface area contributed by atoms with Gasteiger partial charge in [-0.3, -0.25) is 9.69 Å². The number of carbonyl (C=O) groups excluding carboxylic acids is 1. The summed E-state index contributed by atoms with van der Waals surface area (Å²) in [6.07, 6.45) is 2.77. The molecule has 7 heteroatoms. The molecule has 1 aliphatic heterocycles. The van der Waals surface area contributed by atoms with Crippen LogP contribution in [0.2, 0.25) is 5.02 Å². The molecular weight excluding hydrogens is 386 g/mol. The van der Waals surface area contributed by atoms with Crippen molar-refractivity contribution in [1.82, 2.24) is 25.2 Å². The predicted molar refractivity (Wildman–Crippen MR) is 113 cm³/mol. The average molecular weight is 410 g/mol. The predicted octanol–water partition coefficient (Wildman–Crippen LogP) is 3.23. The first-order valence-corrected chi connectivity index (χ1v) is 10.2. The maximum absolute atomic E-state index is 12.4. The first-order chi connectivity index (χ1) is 14.2. The molecule has 150 valence electrons. The van der Waals surface area contributed by atoms with Crippen LogP contribution in [0.1, 0.15) is 28.0 Å². The van der Waals surface area contributed by atoms with Crippen LogP contribution in [-0.2, 0) is 13.1 Å². The van der Waals surface area contributed by atoms with Gasteiger partial charge in [-0.05, 0) is 42.1 Å². The van der Waals surface area contributed by atoms with Crippen LogP contribution in [0, 0.1) is 5.92 Å². The van der Waals surface area contributed by atoms with Crippen LogP contribution in [0.15, 0.2) is 60.8 Å². The molecule has 0 bridgehead atoms. The van der Waals surface area contributed by atoms with Crippen LogP contribution >= 0.6 is 11.6 Å². The second-order valence-electron chi connectivity index (χ2n) is 7.51. The molecule has 3 aromatic rings. The van der Waals surface area contributed by atoms with E-state index in [1.54, 1.807) is 10.9 Å². The molecule has 1 saturated heterocycles. The molecule has 1 N–H and O–H groups in total. The molecule has 6 nitrogen and oxygen atoms in total. The molecule has 0 radical (unpaired) electrons. The number of carbonyl (C=O) groups is 1. The summed E-state index contributed by atoms with van der Waals surface area (Å²) in [7, 11) is 0. The number of halogens is 1. The molecule has 1 aliphatic rings. The lowest BCUT2D eigenvalue weighted by Crippen LogP contribution is -2.31. The van der Waals surface area contributed by atoms with Crippen molar-refractivity contribution < 1.29 is 4.79 Å².